The summed E-state index contributed by atoms with van der Waals surface area (Å²) in [5.41, 5.74) is 0.555. The van der Waals surface area contributed by atoms with Crippen molar-refractivity contribution in [2.75, 3.05) is 6.61 Å². The molecule has 0 bridgehead atoms. The van der Waals surface area contributed by atoms with Crippen LogP contribution >= 0.6 is 12.2 Å². The van der Waals surface area contributed by atoms with Crippen LogP contribution in [0.15, 0.2) is 36.8 Å². The number of aromatic nitrogens is 5. The third-order valence-electron chi connectivity index (χ3n) is 3.16. The summed E-state index contributed by atoms with van der Waals surface area (Å²) in [5, 5.41) is 18.2. The first-order valence-electron chi connectivity index (χ1n) is 6.97. The number of hydrogen-bond acceptors (Lipinski definition) is 7. The number of aromatic amines is 1. The van der Waals surface area contributed by atoms with E-state index in [2.05, 4.69) is 20.2 Å². The lowest BCUT2D eigenvalue weighted by Gasteiger charge is -2.09. The summed E-state index contributed by atoms with van der Waals surface area (Å²) < 4.78 is 6.99. The lowest BCUT2D eigenvalue weighted by Crippen LogP contribution is -2.04. The Bertz CT molecular complexity index is 937. The topological polar surface area (TPSA) is 112 Å². The van der Waals surface area contributed by atoms with Gasteiger partial charge in [-0.2, -0.15) is 5.10 Å². The number of ether oxygens (including phenoxy) is 1. The van der Waals surface area contributed by atoms with Crippen LogP contribution in [0.4, 0.5) is 5.69 Å². The zero-order valence-electron chi connectivity index (χ0n) is 12.5. The fourth-order valence-corrected chi connectivity index (χ4v) is 2.43. The van der Waals surface area contributed by atoms with Crippen LogP contribution < -0.4 is 4.74 Å². The maximum absolute atomic E-state index is 11.5. The summed E-state index contributed by atoms with van der Waals surface area (Å²) in [6.07, 6.45) is 4.53. The molecule has 0 radical (unpaired) electrons. The van der Waals surface area contributed by atoms with Gasteiger partial charge in [-0.1, -0.05) is 0 Å². The summed E-state index contributed by atoms with van der Waals surface area (Å²) in [5.74, 6) is 0.740. The van der Waals surface area contributed by atoms with E-state index in [1.54, 1.807) is 19.1 Å². The number of benzene rings is 1. The molecule has 1 aromatic carbocycles. The molecule has 122 valence electrons. The van der Waals surface area contributed by atoms with Crippen LogP contribution in [0.5, 0.6) is 5.75 Å². The first-order chi connectivity index (χ1) is 11.6. The van der Waals surface area contributed by atoms with Crippen LogP contribution in [0.1, 0.15) is 6.92 Å². The fraction of sp³-hybridized carbons (Fsp3) is 0.143. The Morgan fingerprint density at radius 1 is 1.42 bits per heavy atom. The van der Waals surface area contributed by atoms with E-state index in [1.165, 1.54) is 29.2 Å². The lowest BCUT2D eigenvalue weighted by atomic mass is 10.2. The summed E-state index contributed by atoms with van der Waals surface area (Å²) >= 11 is 5.23. The van der Waals surface area contributed by atoms with Crippen molar-refractivity contribution in [2.45, 2.75) is 6.92 Å². The highest BCUT2D eigenvalue weighted by molar-refractivity contribution is 7.71. The predicted molar refractivity (Wildman–Crippen MR) is 87.6 cm³/mol. The van der Waals surface area contributed by atoms with E-state index in [0.29, 0.717) is 23.9 Å². The minimum Gasteiger partial charge on any atom is -0.494 e. The number of hydrogen-bond donors (Lipinski definition) is 1. The standard InChI is InChI=1S/C14H12N6O3S/c1-2-23-9-3-4-11(12(7-9)20(21)22)19-13(17-18-14(19)24)10-8-15-5-6-16-10/h3-8H,2H2,1H3,(H,18,24). The van der Waals surface area contributed by atoms with Gasteiger partial charge in [-0.15, -0.1) is 0 Å². The van der Waals surface area contributed by atoms with Gasteiger partial charge >= 0.3 is 0 Å². The van der Waals surface area contributed by atoms with Crippen molar-refractivity contribution in [3.8, 4) is 23.0 Å². The van der Waals surface area contributed by atoms with E-state index < -0.39 is 4.92 Å². The van der Waals surface area contributed by atoms with Crippen molar-refractivity contribution >= 4 is 17.9 Å². The molecule has 0 aliphatic heterocycles. The molecule has 0 atom stereocenters. The zero-order chi connectivity index (χ0) is 17.1. The number of nitrogens with one attached hydrogen (secondary N) is 1. The molecule has 0 aliphatic carbocycles. The fourth-order valence-electron chi connectivity index (χ4n) is 2.20. The number of nitro benzene ring substituents is 1. The van der Waals surface area contributed by atoms with Crippen LogP contribution in [-0.2, 0) is 0 Å². The Labute approximate surface area is 141 Å². The molecular weight excluding hydrogens is 332 g/mol. The van der Waals surface area contributed by atoms with Gasteiger partial charge in [0.25, 0.3) is 5.69 Å². The van der Waals surface area contributed by atoms with Crippen LogP contribution in [-0.4, -0.2) is 36.3 Å². The van der Waals surface area contributed by atoms with Gasteiger partial charge in [-0.05, 0) is 31.3 Å². The summed E-state index contributed by atoms with van der Waals surface area (Å²) in [6.45, 7) is 2.21. The molecular formula is C14H12N6O3S. The quantitative estimate of drug-likeness (QED) is 0.430. The summed E-state index contributed by atoms with van der Waals surface area (Å²) in [6, 6.07) is 4.56. The highest BCUT2D eigenvalue weighted by Crippen LogP contribution is 2.30. The van der Waals surface area contributed by atoms with E-state index in [4.69, 9.17) is 17.0 Å². The Morgan fingerprint density at radius 3 is 2.92 bits per heavy atom. The third kappa shape index (κ3) is 2.86. The first kappa shape index (κ1) is 15.7. The molecule has 0 saturated carbocycles. The number of rotatable bonds is 5. The van der Waals surface area contributed by atoms with Gasteiger partial charge in [-0.3, -0.25) is 24.8 Å². The molecule has 10 heteroatoms. The summed E-state index contributed by atoms with van der Waals surface area (Å²) in [4.78, 5) is 19.1. The highest BCUT2D eigenvalue weighted by Gasteiger charge is 2.21. The third-order valence-corrected chi connectivity index (χ3v) is 3.43. The molecule has 1 N–H and O–H groups in total. The van der Waals surface area contributed by atoms with Crippen molar-refractivity contribution in [3.05, 3.63) is 51.7 Å². The minimum atomic E-state index is -0.493. The largest absolute Gasteiger partial charge is 0.494 e. The van der Waals surface area contributed by atoms with Gasteiger partial charge < -0.3 is 4.74 Å². The minimum absolute atomic E-state index is 0.149. The number of nitro groups is 1. The average molecular weight is 344 g/mol. The van der Waals surface area contributed by atoms with Crippen molar-refractivity contribution < 1.29 is 9.66 Å². The van der Waals surface area contributed by atoms with E-state index in [0.717, 1.165) is 0 Å². The molecule has 0 fully saturated rings. The lowest BCUT2D eigenvalue weighted by molar-refractivity contribution is -0.384. The molecule has 3 aromatic rings. The van der Waals surface area contributed by atoms with Crippen LogP contribution in [0.25, 0.3) is 17.2 Å². The molecule has 0 spiro atoms. The second-order valence-corrected chi connectivity index (χ2v) is 5.01. The van der Waals surface area contributed by atoms with E-state index in [-0.39, 0.29) is 16.1 Å². The highest BCUT2D eigenvalue weighted by atomic mass is 32.1. The van der Waals surface area contributed by atoms with Gasteiger partial charge in [0.05, 0.1) is 23.8 Å². The molecule has 0 aliphatic rings. The van der Waals surface area contributed by atoms with Crippen molar-refractivity contribution in [2.24, 2.45) is 0 Å². The van der Waals surface area contributed by atoms with Crippen LogP contribution in [0.2, 0.25) is 0 Å². The molecule has 0 saturated heterocycles. The van der Waals surface area contributed by atoms with Crippen LogP contribution in [0, 0.1) is 14.9 Å². The maximum Gasteiger partial charge on any atom is 0.297 e. The Balaban J connectivity index is 2.22. The molecule has 3 rings (SSSR count). The van der Waals surface area contributed by atoms with E-state index in [1.807, 2.05) is 0 Å². The van der Waals surface area contributed by atoms with Gasteiger partial charge in [0.1, 0.15) is 17.1 Å². The van der Waals surface area contributed by atoms with Crippen LogP contribution in [0.3, 0.4) is 0 Å². The average Bonchev–Trinajstić information content (AvgIpc) is 2.97. The van der Waals surface area contributed by atoms with Gasteiger partial charge in [0.2, 0.25) is 0 Å². The molecule has 2 heterocycles. The molecule has 2 aromatic heterocycles. The molecule has 9 nitrogen and oxygen atoms in total. The zero-order valence-corrected chi connectivity index (χ0v) is 13.4. The maximum atomic E-state index is 11.5. The van der Waals surface area contributed by atoms with Crippen molar-refractivity contribution in [1.82, 2.24) is 24.7 Å². The first-order valence-corrected chi connectivity index (χ1v) is 7.38. The molecule has 24 heavy (non-hydrogen) atoms. The van der Waals surface area contributed by atoms with Crippen molar-refractivity contribution in [3.63, 3.8) is 0 Å². The number of H-pyrrole nitrogens is 1. The monoisotopic (exact) mass is 344 g/mol. The van der Waals surface area contributed by atoms with Gasteiger partial charge in [-0.25, -0.2) is 4.98 Å². The van der Waals surface area contributed by atoms with Gasteiger partial charge in [0.15, 0.2) is 10.6 Å². The smallest absolute Gasteiger partial charge is 0.297 e. The van der Waals surface area contributed by atoms with Crippen molar-refractivity contribution in [1.29, 1.82) is 0 Å². The molecule has 0 amide bonds. The SMILES string of the molecule is CCOc1ccc(-n2c(-c3cnccn3)n[nH]c2=S)c([N+](=O)[O-])c1. The molecule has 0 unspecified atom stereocenters. The van der Waals surface area contributed by atoms with E-state index in [9.17, 15) is 10.1 Å². The second kappa shape index (κ2) is 6.54. The normalized spacial score (nSPS) is 10.5. The Hall–Kier alpha value is -3.14. The predicted octanol–water partition coefficient (Wildman–Crippen LogP) is 2.69. The van der Waals surface area contributed by atoms with E-state index >= 15 is 0 Å². The van der Waals surface area contributed by atoms with Gasteiger partial charge in [0, 0.05) is 12.4 Å². The summed E-state index contributed by atoms with van der Waals surface area (Å²) in [7, 11) is 0. The Morgan fingerprint density at radius 2 is 2.25 bits per heavy atom. The second-order valence-electron chi connectivity index (χ2n) is 4.62. The number of nitrogens with zero attached hydrogens (tertiary/aromatic N) is 5. The Kier molecular flexibility index (Phi) is 4.29.